The number of carbonyl (C=O) groups is 2. The Labute approximate surface area is 129 Å². The lowest BCUT2D eigenvalue weighted by Gasteiger charge is -2.21. The van der Waals surface area contributed by atoms with Crippen LogP contribution in [-0.2, 0) is 20.5 Å². The van der Waals surface area contributed by atoms with E-state index in [2.05, 4.69) is 5.10 Å². The number of hydrogen-bond acceptors (Lipinski definition) is 5. The van der Waals surface area contributed by atoms with E-state index in [4.69, 9.17) is 4.74 Å². The summed E-state index contributed by atoms with van der Waals surface area (Å²) in [6.45, 7) is 1.66. The molecule has 0 radical (unpaired) electrons. The molecule has 6 nitrogen and oxygen atoms in total. The van der Waals surface area contributed by atoms with Crippen LogP contribution in [0, 0.1) is 0 Å². The first-order valence-electron chi connectivity index (χ1n) is 6.68. The van der Waals surface area contributed by atoms with Crippen LogP contribution in [-0.4, -0.2) is 35.4 Å². The fourth-order valence-electron chi connectivity index (χ4n) is 2.10. The van der Waals surface area contributed by atoms with Crippen LogP contribution < -0.4 is 5.01 Å². The van der Waals surface area contributed by atoms with E-state index in [1.807, 2.05) is 0 Å². The van der Waals surface area contributed by atoms with E-state index in [-0.39, 0.29) is 24.4 Å². The minimum atomic E-state index is -4.57. The molecule has 0 bridgehead atoms. The molecular formula is C14H13F3N2O4. The van der Waals surface area contributed by atoms with Crippen LogP contribution in [0.2, 0.25) is 0 Å². The molecule has 0 aliphatic carbocycles. The molecule has 9 heteroatoms. The summed E-state index contributed by atoms with van der Waals surface area (Å²) in [5, 5.41) is 13.9. The fourth-order valence-corrected chi connectivity index (χ4v) is 2.10. The van der Waals surface area contributed by atoms with Crippen LogP contribution in [0.5, 0.6) is 0 Å². The number of rotatable bonds is 4. The normalized spacial score (nSPS) is 17.8. The lowest BCUT2D eigenvalue weighted by molar-refractivity contribution is -0.138. The molecule has 0 aromatic heterocycles. The molecule has 23 heavy (non-hydrogen) atoms. The van der Waals surface area contributed by atoms with E-state index in [1.165, 1.54) is 6.07 Å². The van der Waals surface area contributed by atoms with Crippen molar-refractivity contribution in [1.82, 2.24) is 0 Å². The van der Waals surface area contributed by atoms with E-state index >= 15 is 0 Å². The molecule has 0 amide bonds. The van der Waals surface area contributed by atoms with Crippen LogP contribution in [0.1, 0.15) is 18.9 Å². The minimum Gasteiger partial charge on any atom is -0.480 e. The molecule has 2 rings (SSSR count). The first-order chi connectivity index (χ1) is 10.7. The van der Waals surface area contributed by atoms with Crippen molar-refractivity contribution in [2.24, 2.45) is 5.10 Å². The van der Waals surface area contributed by atoms with Crippen LogP contribution >= 0.6 is 0 Å². The fraction of sp³-hybridized carbons (Fsp3) is 0.357. The van der Waals surface area contributed by atoms with Crippen LogP contribution in [0.15, 0.2) is 29.4 Å². The zero-order valence-electron chi connectivity index (χ0n) is 12.0. The van der Waals surface area contributed by atoms with Crippen molar-refractivity contribution in [2.45, 2.75) is 25.6 Å². The highest BCUT2D eigenvalue weighted by molar-refractivity contribution is 6.38. The molecule has 1 atom stereocenters. The number of hydrogen-bond donors (Lipinski definition) is 1. The van der Waals surface area contributed by atoms with Gasteiger partial charge in [0.05, 0.1) is 17.9 Å². The third-order valence-electron chi connectivity index (χ3n) is 3.14. The Hall–Kier alpha value is -2.58. The Bertz CT molecular complexity index is 658. The number of ether oxygens (including phenoxy) is 1. The summed E-state index contributed by atoms with van der Waals surface area (Å²) in [6.07, 6.45) is -4.81. The smallest absolute Gasteiger partial charge is 0.416 e. The number of benzene rings is 1. The first kappa shape index (κ1) is 16.8. The second kappa shape index (κ2) is 6.27. The van der Waals surface area contributed by atoms with Gasteiger partial charge in [0.1, 0.15) is 5.71 Å². The zero-order valence-corrected chi connectivity index (χ0v) is 12.0. The number of esters is 1. The Morgan fingerprint density at radius 1 is 1.43 bits per heavy atom. The molecule has 1 aromatic rings. The van der Waals surface area contributed by atoms with Gasteiger partial charge in [-0.05, 0) is 25.1 Å². The summed E-state index contributed by atoms with van der Waals surface area (Å²) in [5.74, 6) is -2.08. The molecule has 1 heterocycles. The highest BCUT2D eigenvalue weighted by Gasteiger charge is 2.38. The van der Waals surface area contributed by atoms with Gasteiger partial charge in [-0.15, -0.1) is 0 Å². The number of nitrogens with zero attached hydrogens (tertiary/aromatic N) is 2. The zero-order chi connectivity index (χ0) is 17.2. The van der Waals surface area contributed by atoms with E-state index in [0.29, 0.717) is 0 Å². The number of alkyl halides is 3. The second-order valence-electron chi connectivity index (χ2n) is 4.72. The maximum absolute atomic E-state index is 12.8. The Kier molecular flexibility index (Phi) is 4.57. The van der Waals surface area contributed by atoms with E-state index in [9.17, 15) is 27.9 Å². The molecule has 1 aromatic carbocycles. The highest BCUT2D eigenvalue weighted by atomic mass is 19.4. The lowest BCUT2D eigenvalue weighted by Crippen LogP contribution is -2.34. The molecule has 0 unspecified atom stereocenters. The summed E-state index contributed by atoms with van der Waals surface area (Å²) in [6, 6.07) is 2.83. The number of hydrazone groups is 1. The molecule has 124 valence electrons. The van der Waals surface area contributed by atoms with Gasteiger partial charge in [0, 0.05) is 6.42 Å². The predicted octanol–water partition coefficient (Wildman–Crippen LogP) is 2.29. The molecule has 0 spiro atoms. The summed E-state index contributed by atoms with van der Waals surface area (Å²) in [4.78, 5) is 23.0. The maximum atomic E-state index is 12.8. The van der Waals surface area contributed by atoms with Gasteiger partial charge in [-0.25, -0.2) is 9.59 Å². The van der Waals surface area contributed by atoms with Crippen LogP contribution in [0.25, 0.3) is 0 Å². The van der Waals surface area contributed by atoms with Crippen molar-refractivity contribution in [2.75, 3.05) is 11.6 Å². The highest BCUT2D eigenvalue weighted by Crippen LogP contribution is 2.33. The minimum absolute atomic E-state index is 0.0634. The van der Waals surface area contributed by atoms with Crippen molar-refractivity contribution in [3.8, 4) is 0 Å². The van der Waals surface area contributed by atoms with Gasteiger partial charge in [-0.1, -0.05) is 6.07 Å². The number of halogens is 3. The van der Waals surface area contributed by atoms with Gasteiger partial charge < -0.3 is 9.84 Å². The largest absolute Gasteiger partial charge is 0.480 e. The maximum Gasteiger partial charge on any atom is 0.416 e. The molecule has 1 N–H and O–H groups in total. The van der Waals surface area contributed by atoms with E-state index in [1.54, 1.807) is 6.92 Å². The van der Waals surface area contributed by atoms with Crippen molar-refractivity contribution in [3.63, 3.8) is 0 Å². The molecule has 1 aliphatic rings. The van der Waals surface area contributed by atoms with Crippen molar-refractivity contribution in [1.29, 1.82) is 0 Å². The number of anilines is 1. The summed E-state index contributed by atoms with van der Waals surface area (Å²) in [5.41, 5.74) is -1.14. The quantitative estimate of drug-likeness (QED) is 0.857. The third kappa shape index (κ3) is 3.61. The average Bonchev–Trinajstić information content (AvgIpc) is 2.92. The van der Waals surface area contributed by atoms with Gasteiger partial charge >= 0.3 is 18.1 Å². The van der Waals surface area contributed by atoms with Crippen LogP contribution in [0.3, 0.4) is 0 Å². The first-order valence-corrected chi connectivity index (χ1v) is 6.68. The molecular weight excluding hydrogens is 317 g/mol. The molecule has 0 saturated heterocycles. The van der Waals surface area contributed by atoms with Gasteiger partial charge in [-0.3, -0.25) is 5.01 Å². The summed E-state index contributed by atoms with van der Waals surface area (Å²) in [7, 11) is 0. The van der Waals surface area contributed by atoms with Gasteiger partial charge in [-0.2, -0.15) is 18.3 Å². The van der Waals surface area contributed by atoms with E-state index in [0.717, 1.165) is 23.2 Å². The Morgan fingerprint density at radius 3 is 2.70 bits per heavy atom. The standard InChI is InChI=1S/C14H13F3N2O4/c1-2-23-13(22)10-7-11(12(20)21)19(18-10)9-5-3-4-8(6-9)14(15,16)17/h3-6,11H,2,7H2,1H3,(H,20,21)/t11-/m0/s1. The average molecular weight is 330 g/mol. The van der Waals surface area contributed by atoms with Crippen molar-refractivity contribution < 1.29 is 32.6 Å². The topological polar surface area (TPSA) is 79.2 Å². The Morgan fingerprint density at radius 2 is 2.13 bits per heavy atom. The van der Waals surface area contributed by atoms with Crippen LogP contribution in [0.4, 0.5) is 18.9 Å². The van der Waals surface area contributed by atoms with Crippen molar-refractivity contribution in [3.05, 3.63) is 29.8 Å². The SMILES string of the molecule is CCOC(=O)C1=NN(c2cccc(C(F)(F)F)c2)[C@H](C(=O)O)C1. The predicted molar refractivity (Wildman–Crippen MR) is 74.0 cm³/mol. The lowest BCUT2D eigenvalue weighted by atomic mass is 10.1. The third-order valence-corrected chi connectivity index (χ3v) is 3.14. The number of carboxylic acid groups (broad SMARTS) is 1. The van der Waals surface area contributed by atoms with Gasteiger partial charge in [0.15, 0.2) is 6.04 Å². The number of carbonyl (C=O) groups excluding carboxylic acids is 1. The number of carboxylic acids is 1. The summed E-state index contributed by atoms with van der Waals surface area (Å²) >= 11 is 0. The second-order valence-corrected chi connectivity index (χ2v) is 4.72. The van der Waals surface area contributed by atoms with Gasteiger partial charge in [0.25, 0.3) is 0 Å². The van der Waals surface area contributed by atoms with Crippen molar-refractivity contribution >= 4 is 23.3 Å². The molecule has 0 saturated carbocycles. The summed E-state index contributed by atoms with van der Waals surface area (Å²) < 4.78 is 43.1. The Balaban J connectivity index is 2.38. The molecule has 1 aliphatic heterocycles. The molecule has 0 fully saturated rings. The van der Waals surface area contributed by atoms with E-state index < -0.39 is 29.7 Å². The van der Waals surface area contributed by atoms with Gasteiger partial charge in [0.2, 0.25) is 0 Å². The number of aliphatic carboxylic acids is 1. The monoisotopic (exact) mass is 330 g/mol.